The number of benzene rings is 1. The zero-order valence-corrected chi connectivity index (χ0v) is 19.4. The minimum absolute atomic E-state index is 0.185. The van der Waals surface area contributed by atoms with Gasteiger partial charge in [-0.25, -0.2) is 0 Å². The molecule has 174 valence electrons. The largest absolute Gasteiger partial charge is 0.395 e. The number of rotatable bonds is 4. The molecule has 5 rings (SSSR count). The summed E-state index contributed by atoms with van der Waals surface area (Å²) in [6, 6.07) is 13.3. The van der Waals surface area contributed by atoms with Gasteiger partial charge in [0.25, 0.3) is 0 Å². The molecule has 1 aromatic heterocycles. The molecule has 5 nitrogen and oxygen atoms in total. The Morgan fingerprint density at radius 2 is 1.82 bits per heavy atom. The van der Waals surface area contributed by atoms with E-state index in [0.29, 0.717) is 12.0 Å². The van der Waals surface area contributed by atoms with E-state index < -0.39 is 5.60 Å². The van der Waals surface area contributed by atoms with Gasteiger partial charge in [-0.1, -0.05) is 30.0 Å². The molecule has 3 heterocycles. The Morgan fingerprint density at radius 1 is 1.03 bits per heavy atom. The molecule has 2 aromatic rings. The smallest absolute Gasteiger partial charge is 0.125 e. The first-order valence-corrected chi connectivity index (χ1v) is 12.5. The van der Waals surface area contributed by atoms with Crippen LogP contribution in [0.1, 0.15) is 61.1 Å². The van der Waals surface area contributed by atoms with Crippen molar-refractivity contribution in [2.45, 2.75) is 68.7 Å². The maximum atomic E-state index is 10.5. The first kappa shape index (κ1) is 22.6. The summed E-state index contributed by atoms with van der Waals surface area (Å²) in [5, 5.41) is 20.7. The average molecular weight is 446 g/mol. The lowest BCUT2D eigenvalue weighted by Crippen LogP contribution is -2.67. The standard InChI is InChI=1S/C28H35N3O2/c32-21-26-27(24-9-7-22(8-10-24)11-14-28(33)12-1-2-13-28)25-20-30(16-3-4-17-31(25)26)19-23-6-5-15-29-18-23/h5-10,15,18,25-27,32-33H,1-4,12-13,16-17,19-21H2/t25-,26+,27+/m0/s1. The molecule has 1 aliphatic carbocycles. The number of hydrogen-bond acceptors (Lipinski definition) is 5. The highest BCUT2D eigenvalue weighted by atomic mass is 16.3. The summed E-state index contributed by atoms with van der Waals surface area (Å²) < 4.78 is 0. The third kappa shape index (κ3) is 5.00. The van der Waals surface area contributed by atoms with Crippen LogP contribution in [-0.2, 0) is 6.54 Å². The van der Waals surface area contributed by atoms with Crippen LogP contribution < -0.4 is 0 Å². The predicted molar refractivity (Wildman–Crippen MR) is 130 cm³/mol. The van der Waals surface area contributed by atoms with E-state index in [-0.39, 0.29) is 12.6 Å². The lowest BCUT2D eigenvalue weighted by atomic mass is 9.74. The van der Waals surface area contributed by atoms with Crippen molar-refractivity contribution in [3.63, 3.8) is 0 Å². The topological polar surface area (TPSA) is 59.8 Å². The van der Waals surface area contributed by atoms with E-state index in [2.05, 4.69) is 57.0 Å². The van der Waals surface area contributed by atoms with Gasteiger partial charge >= 0.3 is 0 Å². The third-order valence-electron chi connectivity index (χ3n) is 7.75. The van der Waals surface area contributed by atoms with Gasteiger partial charge in [-0.05, 0) is 80.9 Å². The molecule has 3 fully saturated rings. The Labute approximate surface area is 197 Å². The van der Waals surface area contributed by atoms with Crippen LogP contribution in [-0.4, -0.2) is 68.9 Å². The van der Waals surface area contributed by atoms with Crippen molar-refractivity contribution in [3.8, 4) is 11.8 Å². The quantitative estimate of drug-likeness (QED) is 0.708. The predicted octanol–water partition coefficient (Wildman–Crippen LogP) is 3.16. The second kappa shape index (κ2) is 9.95. The molecule has 3 atom stereocenters. The molecule has 1 aromatic carbocycles. The first-order valence-electron chi connectivity index (χ1n) is 12.5. The van der Waals surface area contributed by atoms with Crippen molar-refractivity contribution in [2.24, 2.45) is 0 Å². The van der Waals surface area contributed by atoms with Crippen molar-refractivity contribution >= 4 is 0 Å². The van der Waals surface area contributed by atoms with E-state index in [0.717, 1.165) is 57.4 Å². The van der Waals surface area contributed by atoms with Crippen LogP contribution in [0.15, 0.2) is 48.8 Å². The molecule has 1 saturated carbocycles. The van der Waals surface area contributed by atoms with Crippen LogP contribution >= 0.6 is 0 Å². The second-order valence-corrected chi connectivity index (χ2v) is 10.00. The Hall–Kier alpha value is -2.23. The highest BCUT2D eigenvalue weighted by molar-refractivity contribution is 5.40. The summed E-state index contributed by atoms with van der Waals surface area (Å²) >= 11 is 0. The SMILES string of the molecule is OC[C@@H]1[C@H](c2ccc(C#CC3(O)CCCC3)cc2)[C@@H]2CN(Cc3cccnc3)CCCCN12. The fourth-order valence-corrected chi connectivity index (χ4v) is 5.97. The fraction of sp³-hybridized carbons (Fsp3) is 0.536. The van der Waals surface area contributed by atoms with E-state index in [4.69, 9.17) is 0 Å². The van der Waals surface area contributed by atoms with Crippen LogP contribution in [0.3, 0.4) is 0 Å². The minimum Gasteiger partial charge on any atom is -0.395 e. The average Bonchev–Trinajstić information content (AvgIpc) is 3.26. The van der Waals surface area contributed by atoms with E-state index in [9.17, 15) is 10.2 Å². The van der Waals surface area contributed by atoms with Crippen LogP contribution in [0.25, 0.3) is 0 Å². The number of aliphatic hydroxyl groups excluding tert-OH is 1. The van der Waals surface area contributed by atoms with E-state index >= 15 is 0 Å². The fourth-order valence-electron chi connectivity index (χ4n) is 5.97. The Balaban J connectivity index is 1.31. The molecule has 0 bridgehead atoms. The van der Waals surface area contributed by atoms with Crippen molar-refractivity contribution in [1.82, 2.24) is 14.8 Å². The lowest BCUT2D eigenvalue weighted by molar-refractivity contribution is -0.0655. The van der Waals surface area contributed by atoms with E-state index in [1.807, 2.05) is 18.5 Å². The molecule has 0 radical (unpaired) electrons. The summed E-state index contributed by atoms with van der Waals surface area (Å²) in [6.07, 6.45) is 9.83. The number of hydrogen-bond donors (Lipinski definition) is 2. The first-order chi connectivity index (χ1) is 16.1. The zero-order valence-electron chi connectivity index (χ0n) is 19.4. The van der Waals surface area contributed by atoms with Crippen LogP contribution in [0.4, 0.5) is 0 Å². The van der Waals surface area contributed by atoms with Gasteiger partial charge < -0.3 is 10.2 Å². The number of aromatic nitrogens is 1. The highest BCUT2D eigenvalue weighted by Crippen LogP contribution is 2.42. The Bertz CT molecular complexity index is 976. The highest BCUT2D eigenvalue weighted by Gasteiger charge is 2.49. The van der Waals surface area contributed by atoms with Crippen molar-refractivity contribution in [1.29, 1.82) is 0 Å². The zero-order chi connectivity index (χ0) is 22.7. The molecule has 0 amide bonds. The minimum atomic E-state index is -0.800. The van der Waals surface area contributed by atoms with E-state index in [1.165, 1.54) is 24.0 Å². The molecule has 0 spiro atoms. The molecule has 2 aliphatic heterocycles. The van der Waals surface area contributed by atoms with Gasteiger partial charge in [0.1, 0.15) is 5.60 Å². The summed E-state index contributed by atoms with van der Waals surface area (Å²) in [5.74, 6) is 6.62. The summed E-state index contributed by atoms with van der Waals surface area (Å²) in [6.45, 7) is 4.29. The molecule has 33 heavy (non-hydrogen) atoms. The molecule has 3 aliphatic rings. The van der Waals surface area contributed by atoms with Gasteiger partial charge in [0.05, 0.1) is 6.61 Å². The van der Waals surface area contributed by atoms with E-state index in [1.54, 1.807) is 0 Å². The summed E-state index contributed by atoms with van der Waals surface area (Å²) in [5.41, 5.74) is 2.69. The second-order valence-electron chi connectivity index (χ2n) is 10.00. The van der Waals surface area contributed by atoms with Gasteiger partial charge in [-0.3, -0.25) is 14.8 Å². The molecule has 2 saturated heterocycles. The maximum Gasteiger partial charge on any atom is 0.125 e. The Kier molecular flexibility index (Phi) is 6.80. The Morgan fingerprint density at radius 3 is 2.55 bits per heavy atom. The monoisotopic (exact) mass is 445 g/mol. The van der Waals surface area contributed by atoms with Crippen molar-refractivity contribution in [3.05, 3.63) is 65.5 Å². The summed E-state index contributed by atoms with van der Waals surface area (Å²) in [4.78, 5) is 9.35. The number of aliphatic hydroxyl groups is 2. The normalized spacial score (nSPS) is 27.5. The lowest BCUT2D eigenvalue weighted by Gasteiger charge is -2.57. The molecule has 2 N–H and O–H groups in total. The third-order valence-corrected chi connectivity index (χ3v) is 7.75. The van der Waals surface area contributed by atoms with Crippen molar-refractivity contribution < 1.29 is 10.2 Å². The molecule has 5 heteroatoms. The van der Waals surface area contributed by atoms with Crippen LogP contribution in [0.5, 0.6) is 0 Å². The van der Waals surface area contributed by atoms with Crippen LogP contribution in [0.2, 0.25) is 0 Å². The number of fused-ring (bicyclic) bond motifs is 1. The van der Waals surface area contributed by atoms with Crippen molar-refractivity contribution in [2.75, 3.05) is 26.2 Å². The van der Waals surface area contributed by atoms with Gasteiger partial charge in [-0.2, -0.15) is 0 Å². The molecular weight excluding hydrogens is 410 g/mol. The van der Waals surface area contributed by atoms with Crippen LogP contribution in [0, 0.1) is 11.8 Å². The number of pyridine rings is 1. The van der Waals surface area contributed by atoms with Gasteiger partial charge in [0.2, 0.25) is 0 Å². The van der Waals surface area contributed by atoms with Gasteiger partial charge in [-0.15, -0.1) is 0 Å². The summed E-state index contributed by atoms with van der Waals surface area (Å²) in [7, 11) is 0. The number of nitrogens with zero attached hydrogens (tertiary/aromatic N) is 3. The molecular formula is C28H35N3O2. The molecule has 0 unspecified atom stereocenters. The van der Waals surface area contributed by atoms with Gasteiger partial charge in [0.15, 0.2) is 0 Å². The van der Waals surface area contributed by atoms with Gasteiger partial charge in [0, 0.05) is 49.0 Å². The maximum absolute atomic E-state index is 10.5.